The standard InChI is InChI=1S/C17H17Cl2NO4S/c1-3-24-17(21)12-5-4-11(2)16(8-12)20-25(22,23)10-13-6-7-14(18)9-15(13)19/h4-9,20H,3,10H2,1-2H3. The molecule has 25 heavy (non-hydrogen) atoms. The van der Waals surface area contributed by atoms with E-state index in [0.717, 1.165) is 0 Å². The molecule has 0 aliphatic carbocycles. The highest BCUT2D eigenvalue weighted by Gasteiger charge is 2.17. The van der Waals surface area contributed by atoms with Gasteiger partial charge >= 0.3 is 5.97 Å². The molecule has 2 rings (SSSR count). The Bertz CT molecular complexity index is 898. The average Bonchev–Trinajstić information content (AvgIpc) is 2.52. The van der Waals surface area contributed by atoms with Gasteiger partial charge in [-0.15, -0.1) is 0 Å². The molecular formula is C17H17Cl2NO4S. The monoisotopic (exact) mass is 401 g/mol. The van der Waals surface area contributed by atoms with Gasteiger partial charge in [0.2, 0.25) is 10.0 Å². The minimum atomic E-state index is -3.73. The van der Waals surface area contributed by atoms with E-state index in [1.807, 2.05) is 0 Å². The molecule has 0 aliphatic heterocycles. The second-order valence-corrected chi connectivity index (χ2v) is 7.91. The molecule has 0 radical (unpaired) electrons. The van der Waals surface area contributed by atoms with Crippen molar-refractivity contribution in [3.63, 3.8) is 0 Å². The van der Waals surface area contributed by atoms with Crippen LogP contribution in [-0.4, -0.2) is 21.0 Å². The highest BCUT2D eigenvalue weighted by Crippen LogP contribution is 2.25. The quantitative estimate of drug-likeness (QED) is 0.726. The molecule has 5 nitrogen and oxygen atoms in total. The Kier molecular flexibility index (Phi) is 6.32. The van der Waals surface area contributed by atoms with Crippen molar-refractivity contribution in [2.75, 3.05) is 11.3 Å². The first-order valence-electron chi connectivity index (χ1n) is 7.44. The van der Waals surface area contributed by atoms with Gasteiger partial charge in [-0.3, -0.25) is 4.72 Å². The molecule has 0 saturated heterocycles. The Morgan fingerprint density at radius 2 is 1.88 bits per heavy atom. The van der Waals surface area contributed by atoms with E-state index in [9.17, 15) is 13.2 Å². The topological polar surface area (TPSA) is 72.5 Å². The number of hydrogen-bond acceptors (Lipinski definition) is 4. The summed E-state index contributed by atoms with van der Waals surface area (Å²) in [6, 6.07) is 9.31. The van der Waals surface area contributed by atoms with Gasteiger partial charge in [0.15, 0.2) is 0 Å². The maximum absolute atomic E-state index is 12.4. The SMILES string of the molecule is CCOC(=O)c1ccc(C)c(NS(=O)(=O)Cc2ccc(Cl)cc2Cl)c1. The number of nitrogens with one attached hydrogen (secondary N) is 1. The molecule has 0 aromatic heterocycles. The van der Waals surface area contributed by atoms with E-state index in [4.69, 9.17) is 27.9 Å². The van der Waals surface area contributed by atoms with Crippen LogP contribution in [0.4, 0.5) is 5.69 Å². The fraction of sp³-hybridized carbons (Fsp3) is 0.235. The number of benzene rings is 2. The zero-order valence-electron chi connectivity index (χ0n) is 13.7. The largest absolute Gasteiger partial charge is 0.462 e. The predicted molar refractivity (Wildman–Crippen MR) is 99.8 cm³/mol. The van der Waals surface area contributed by atoms with Crippen molar-refractivity contribution in [1.82, 2.24) is 0 Å². The van der Waals surface area contributed by atoms with Crippen molar-refractivity contribution in [2.24, 2.45) is 0 Å². The van der Waals surface area contributed by atoms with E-state index in [1.54, 1.807) is 38.1 Å². The number of hydrogen-bond donors (Lipinski definition) is 1. The Labute approximate surface area is 157 Å². The number of anilines is 1. The number of ether oxygens (including phenoxy) is 1. The summed E-state index contributed by atoms with van der Waals surface area (Å²) in [4.78, 5) is 11.8. The van der Waals surface area contributed by atoms with Crippen molar-refractivity contribution in [3.8, 4) is 0 Å². The number of carbonyl (C=O) groups is 1. The summed E-state index contributed by atoms with van der Waals surface area (Å²) in [6.07, 6.45) is 0. The van der Waals surface area contributed by atoms with Gasteiger partial charge in [0, 0.05) is 10.0 Å². The van der Waals surface area contributed by atoms with Gasteiger partial charge in [0.25, 0.3) is 0 Å². The van der Waals surface area contributed by atoms with Crippen LogP contribution in [0.2, 0.25) is 10.0 Å². The van der Waals surface area contributed by atoms with Crippen LogP contribution >= 0.6 is 23.2 Å². The first kappa shape index (κ1) is 19.6. The van der Waals surface area contributed by atoms with Gasteiger partial charge in [-0.2, -0.15) is 0 Å². The third-order valence-electron chi connectivity index (χ3n) is 3.37. The van der Waals surface area contributed by atoms with Crippen LogP contribution in [0.5, 0.6) is 0 Å². The van der Waals surface area contributed by atoms with E-state index in [-0.39, 0.29) is 22.9 Å². The molecule has 0 spiro atoms. The highest BCUT2D eigenvalue weighted by molar-refractivity contribution is 7.91. The summed E-state index contributed by atoms with van der Waals surface area (Å²) in [5, 5.41) is 0.701. The normalized spacial score (nSPS) is 11.2. The molecule has 0 fully saturated rings. The van der Waals surface area contributed by atoms with Gasteiger partial charge in [-0.1, -0.05) is 35.3 Å². The predicted octanol–water partition coefficient (Wildman–Crippen LogP) is 4.42. The lowest BCUT2D eigenvalue weighted by molar-refractivity contribution is 0.0526. The van der Waals surface area contributed by atoms with E-state index in [1.165, 1.54) is 12.1 Å². The third kappa shape index (κ3) is 5.36. The number of carbonyl (C=O) groups excluding carboxylic acids is 1. The van der Waals surface area contributed by atoms with Crippen LogP contribution in [0.25, 0.3) is 0 Å². The second kappa shape index (κ2) is 8.08. The van der Waals surface area contributed by atoms with E-state index in [0.29, 0.717) is 21.8 Å². The number of rotatable bonds is 6. The molecule has 134 valence electrons. The molecule has 0 atom stereocenters. The van der Waals surface area contributed by atoms with Crippen LogP contribution < -0.4 is 4.72 Å². The maximum atomic E-state index is 12.4. The fourth-order valence-corrected chi connectivity index (χ4v) is 3.96. The van der Waals surface area contributed by atoms with Gasteiger partial charge in [-0.05, 0) is 49.2 Å². The minimum Gasteiger partial charge on any atom is -0.462 e. The molecule has 8 heteroatoms. The molecular weight excluding hydrogens is 385 g/mol. The van der Waals surface area contributed by atoms with Gasteiger partial charge in [0.1, 0.15) is 0 Å². The average molecular weight is 402 g/mol. The van der Waals surface area contributed by atoms with Crippen LogP contribution in [0.15, 0.2) is 36.4 Å². The summed E-state index contributed by atoms with van der Waals surface area (Å²) in [6.45, 7) is 3.68. The van der Waals surface area contributed by atoms with E-state index < -0.39 is 16.0 Å². The van der Waals surface area contributed by atoms with E-state index in [2.05, 4.69) is 4.72 Å². The molecule has 1 N–H and O–H groups in total. The molecule has 0 heterocycles. The van der Waals surface area contributed by atoms with Crippen molar-refractivity contribution >= 4 is 44.9 Å². The summed E-state index contributed by atoms with van der Waals surface area (Å²) in [5.41, 5.74) is 1.70. The van der Waals surface area contributed by atoms with Crippen molar-refractivity contribution in [1.29, 1.82) is 0 Å². The van der Waals surface area contributed by atoms with Crippen LogP contribution in [-0.2, 0) is 20.5 Å². The fourth-order valence-electron chi connectivity index (χ4n) is 2.12. The Morgan fingerprint density at radius 1 is 1.16 bits per heavy atom. The molecule has 0 bridgehead atoms. The molecule has 0 amide bonds. The lowest BCUT2D eigenvalue weighted by atomic mass is 10.1. The zero-order valence-corrected chi connectivity index (χ0v) is 16.0. The van der Waals surface area contributed by atoms with Gasteiger partial charge < -0.3 is 4.74 Å². The van der Waals surface area contributed by atoms with Crippen molar-refractivity contribution in [2.45, 2.75) is 19.6 Å². The summed E-state index contributed by atoms with van der Waals surface area (Å²) < 4.78 is 32.3. The molecule has 2 aromatic carbocycles. The van der Waals surface area contributed by atoms with Gasteiger partial charge in [0.05, 0.1) is 23.6 Å². The Morgan fingerprint density at radius 3 is 2.52 bits per heavy atom. The number of sulfonamides is 1. The summed E-state index contributed by atoms with van der Waals surface area (Å²) in [5.74, 6) is -0.824. The second-order valence-electron chi connectivity index (χ2n) is 5.35. The van der Waals surface area contributed by atoms with Crippen molar-refractivity contribution in [3.05, 3.63) is 63.1 Å². The lowest BCUT2D eigenvalue weighted by Crippen LogP contribution is -2.16. The lowest BCUT2D eigenvalue weighted by Gasteiger charge is -2.13. The maximum Gasteiger partial charge on any atom is 0.338 e. The Balaban J connectivity index is 2.25. The summed E-state index contributed by atoms with van der Waals surface area (Å²) in [7, 11) is -3.73. The minimum absolute atomic E-state index is 0.239. The first-order chi connectivity index (χ1) is 11.7. The molecule has 0 saturated carbocycles. The zero-order chi connectivity index (χ0) is 18.6. The van der Waals surface area contributed by atoms with Gasteiger partial charge in [-0.25, -0.2) is 13.2 Å². The smallest absolute Gasteiger partial charge is 0.338 e. The molecule has 2 aromatic rings. The number of aryl methyl sites for hydroxylation is 1. The van der Waals surface area contributed by atoms with Crippen LogP contribution in [0, 0.1) is 6.92 Å². The molecule has 0 unspecified atom stereocenters. The number of esters is 1. The number of halogens is 2. The van der Waals surface area contributed by atoms with E-state index >= 15 is 0 Å². The van der Waals surface area contributed by atoms with Crippen LogP contribution in [0.1, 0.15) is 28.4 Å². The highest BCUT2D eigenvalue weighted by atomic mass is 35.5. The van der Waals surface area contributed by atoms with Crippen LogP contribution in [0.3, 0.4) is 0 Å². The molecule has 0 aliphatic rings. The Hall–Kier alpha value is -1.76. The van der Waals surface area contributed by atoms with Crippen molar-refractivity contribution < 1.29 is 17.9 Å². The first-order valence-corrected chi connectivity index (χ1v) is 9.85. The third-order valence-corrected chi connectivity index (χ3v) is 5.18. The summed E-state index contributed by atoms with van der Waals surface area (Å²) >= 11 is 11.9.